The van der Waals surface area contributed by atoms with Crippen LogP contribution in [0.4, 0.5) is 0 Å². The number of hydrogen-bond donors (Lipinski definition) is 2. The van der Waals surface area contributed by atoms with Gasteiger partial charge in [0.15, 0.2) is 0 Å². The molecule has 1 heterocycles. The second-order valence-electron chi connectivity index (χ2n) is 4.20. The van der Waals surface area contributed by atoms with Crippen molar-refractivity contribution in [2.24, 2.45) is 5.73 Å². The van der Waals surface area contributed by atoms with Gasteiger partial charge in [0.2, 0.25) is 5.91 Å². The molecule has 3 N–H and O–H groups in total. The van der Waals surface area contributed by atoms with Crippen LogP contribution in [0.5, 0.6) is 0 Å². The van der Waals surface area contributed by atoms with Crippen molar-refractivity contribution in [3.63, 3.8) is 0 Å². The fraction of sp³-hybridized carbons (Fsp3) is 0.250. The average Bonchev–Trinajstić information content (AvgIpc) is 2.76. The van der Waals surface area contributed by atoms with Crippen molar-refractivity contribution in [1.82, 2.24) is 4.98 Å². The van der Waals surface area contributed by atoms with Crippen molar-refractivity contribution in [1.29, 1.82) is 0 Å². The zero-order valence-electron chi connectivity index (χ0n) is 8.59. The van der Waals surface area contributed by atoms with Crippen molar-refractivity contribution < 1.29 is 4.79 Å². The fourth-order valence-electron chi connectivity index (χ4n) is 2.53. The lowest BCUT2D eigenvalue weighted by atomic mass is 10.1. The van der Waals surface area contributed by atoms with Gasteiger partial charge in [0.25, 0.3) is 0 Å². The first-order chi connectivity index (χ1) is 7.66. The van der Waals surface area contributed by atoms with E-state index in [9.17, 15) is 4.79 Å². The van der Waals surface area contributed by atoms with E-state index in [-0.39, 0.29) is 11.8 Å². The molecule has 1 atom stereocenters. The van der Waals surface area contributed by atoms with E-state index in [0.717, 1.165) is 34.5 Å². The summed E-state index contributed by atoms with van der Waals surface area (Å²) in [6.45, 7) is 0. The minimum absolute atomic E-state index is 0.166. The molecule has 1 aromatic carbocycles. The lowest BCUT2D eigenvalue weighted by Crippen LogP contribution is -2.19. The Bertz CT molecular complexity index is 588. The fourth-order valence-corrected chi connectivity index (χ4v) is 2.70. The molecule has 3 nitrogen and oxygen atoms in total. The third kappa shape index (κ3) is 1.25. The number of aromatic amines is 1. The maximum absolute atomic E-state index is 11.3. The Morgan fingerprint density at radius 1 is 1.50 bits per heavy atom. The van der Waals surface area contributed by atoms with Gasteiger partial charge in [-0.25, -0.2) is 0 Å². The second kappa shape index (κ2) is 3.25. The van der Waals surface area contributed by atoms with Crippen LogP contribution in [-0.2, 0) is 11.2 Å². The first kappa shape index (κ1) is 9.73. The van der Waals surface area contributed by atoms with Gasteiger partial charge in [-0.2, -0.15) is 0 Å². The number of amides is 1. The molecule has 0 radical (unpaired) electrons. The molecule has 1 aliphatic carbocycles. The molecule has 0 fully saturated rings. The number of halogens is 1. The van der Waals surface area contributed by atoms with Crippen LogP contribution in [0.3, 0.4) is 0 Å². The van der Waals surface area contributed by atoms with E-state index in [1.165, 1.54) is 5.56 Å². The number of primary amides is 1. The van der Waals surface area contributed by atoms with Gasteiger partial charge in [-0.15, -0.1) is 0 Å². The van der Waals surface area contributed by atoms with Gasteiger partial charge in [-0.3, -0.25) is 4.79 Å². The highest BCUT2D eigenvalue weighted by Crippen LogP contribution is 2.38. The number of H-pyrrole nitrogens is 1. The van der Waals surface area contributed by atoms with Crippen LogP contribution in [0.2, 0.25) is 5.02 Å². The maximum Gasteiger partial charge on any atom is 0.226 e. The summed E-state index contributed by atoms with van der Waals surface area (Å²) in [4.78, 5) is 14.6. The highest BCUT2D eigenvalue weighted by Gasteiger charge is 2.30. The summed E-state index contributed by atoms with van der Waals surface area (Å²) in [5.41, 5.74) is 8.58. The van der Waals surface area contributed by atoms with Crippen LogP contribution in [-0.4, -0.2) is 10.9 Å². The van der Waals surface area contributed by atoms with Crippen LogP contribution < -0.4 is 5.73 Å². The highest BCUT2D eigenvalue weighted by atomic mass is 35.5. The Labute approximate surface area is 97.6 Å². The molecule has 4 heteroatoms. The Balaban J connectivity index is 2.25. The molecule has 1 aromatic heterocycles. The summed E-state index contributed by atoms with van der Waals surface area (Å²) in [5.74, 6) is -0.419. The van der Waals surface area contributed by atoms with E-state index < -0.39 is 0 Å². The number of hydrogen-bond acceptors (Lipinski definition) is 1. The van der Waals surface area contributed by atoms with Gasteiger partial charge in [-0.1, -0.05) is 11.6 Å². The number of benzene rings is 1. The molecule has 0 saturated carbocycles. The normalized spacial score (nSPS) is 18.9. The summed E-state index contributed by atoms with van der Waals surface area (Å²) in [6.07, 6.45) is 1.70. The average molecular weight is 235 g/mol. The standard InChI is InChI=1S/C12H11ClN2O/c13-6-1-4-10-9(5-6)7-2-3-8(12(14)16)11(7)15-10/h1,4-5,8,15H,2-3H2,(H2,14,16). The Morgan fingerprint density at radius 3 is 3.06 bits per heavy atom. The van der Waals surface area contributed by atoms with Crippen LogP contribution in [0.25, 0.3) is 10.9 Å². The predicted molar refractivity (Wildman–Crippen MR) is 63.6 cm³/mol. The molecule has 2 aromatic rings. The monoisotopic (exact) mass is 234 g/mol. The van der Waals surface area contributed by atoms with E-state index in [0.29, 0.717) is 0 Å². The molecule has 1 unspecified atom stereocenters. The van der Waals surface area contributed by atoms with Crippen LogP contribution in [0.1, 0.15) is 23.6 Å². The number of carbonyl (C=O) groups is 1. The summed E-state index contributed by atoms with van der Waals surface area (Å²) >= 11 is 5.97. The van der Waals surface area contributed by atoms with Crippen LogP contribution in [0.15, 0.2) is 18.2 Å². The molecule has 1 aliphatic rings. The summed E-state index contributed by atoms with van der Waals surface area (Å²) in [5, 5.41) is 1.84. The van der Waals surface area contributed by atoms with E-state index in [4.69, 9.17) is 17.3 Å². The second-order valence-corrected chi connectivity index (χ2v) is 4.64. The first-order valence-electron chi connectivity index (χ1n) is 5.26. The molecule has 82 valence electrons. The van der Waals surface area contributed by atoms with Gasteiger partial charge in [0.05, 0.1) is 5.92 Å². The van der Waals surface area contributed by atoms with E-state index in [1.54, 1.807) is 0 Å². The van der Waals surface area contributed by atoms with Gasteiger partial charge >= 0.3 is 0 Å². The van der Waals surface area contributed by atoms with E-state index in [1.807, 2.05) is 18.2 Å². The number of carbonyl (C=O) groups excluding carboxylic acids is 1. The summed E-state index contributed by atoms with van der Waals surface area (Å²) < 4.78 is 0. The van der Waals surface area contributed by atoms with Gasteiger partial charge in [0.1, 0.15) is 0 Å². The van der Waals surface area contributed by atoms with Crippen molar-refractivity contribution in [3.05, 3.63) is 34.5 Å². The topological polar surface area (TPSA) is 58.9 Å². The molecule has 0 aliphatic heterocycles. The Kier molecular flexibility index (Phi) is 1.98. The van der Waals surface area contributed by atoms with Crippen molar-refractivity contribution in [2.75, 3.05) is 0 Å². The molecule has 0 saturated heterocycles. The summed E-state index contributed by atoms with van der Waals surface area (Å²) in [7, 11) is 0. The zero-order valence-corrected chi connectivity index (χ0v) is 9.34. The van der Waals surface area contributed by atoms with Crippen molar-refractivity contribution in [3.8, 4) is 0 Å². The van der Waals surface area contributed by atoms with Crippen LogP contribution >= 0.6 is 11.6 Å². The minimum Gasteiger partial charge on any atom is -0.369 e. The lowest BCUT2D eigenvalue weighted by molar-refractivity contribution is -0.119. The SMILES string of the molecule is NC(=O)C1CCc2c1[nH]c1ccc(Cl)cc21. The number of rotatable bonds is 1. The van der Waals surface area contributed by atoms with Crippen molar-refractivity contribution in [2.45, 2.75) is 18.8 Å². The number of fused-ring (bicyclic) bond motifs is 3. The number of aryl methyl sites for hydroxylation is 1. The molecule has 0 spiro atoms. The van der Waals surface area contributed by atoms with Gasteiger partial charge in [0, 0.05) is 21.6 Å². The molecule has 0 bridgehead atoms. The zero-order chi connectivity index (χ0) is 11.3. The lowest BCUT2D eigenvalue weighted by Gasteiger charge is -2.03. The van der Waals surface area contributed by atoms with Gasteiger partial charge in [-0.05, 0) is 36.6 Å². The third-order valence-electron chi connectivity index (χ3n) is 3.28. The minimum atomic E-state index is -0.253. The Morgan fingerprint density at radius 2 is 2.31 bits per heavy atom. The molecule has 3 rings (SSSR count). The maximum atomic E-state index is 11.3. The predicted octanol–water partition coefficient (Wildman–Crippen LogP) is 2.34. The van der Waals surface area contributed by atoms with Crippen molar-refractivity contribution >= 4 is 28.4 Å². The third-order valence-corrected chi connectivity index (χ3v) is 3.51. The number of nitrogens with one attached hydrogen (secondary N) is 1. The van der Waals surface area contributed by atoms with E-state index in [2.05, 4.69) is 4.98 Å². The number of nitrogens with two attached hydrogens (primary N) is 1. The molecular weight excluding hydrogens is 224 g/mol. The Hall–Kier alpha value is -1.48. The first-order valence-corrected chi connectivity index (χ1v) is 5.64. The van der Waals surface area contributed by atoms with Crippen LogP contribution in [0, 0.1) is 0 Å². The molecule has 16 heavy (non-hydrogen) atoms. The van der Waals surface area contributed by atoms with Gasteiger partial charge < -0.3 is 10.7 Å². The summed E-state index contributed by atoms with van der Waals surface area (Å²) in [6, 6.07) is 5.72. The quantitative estimate of drug-likeness (QED) is 0.782. The molecular formula is C12H11ClN2O. The smallest absolute Gasteiger partial charge is 0.226 e. The highest BCUT2D eigenvalue weighted by molar-refractivity contribution is 6.31. The molecule has 1 amide bonds. The van der Waals surface area contributed by atoms with E-state index >= 15 is 0 Å². The number of aromatic nitrogens is 1. The largest absolute Gasteiger partial charge is 0.369 e.